The van der Waals surface area contributed by atoms with Gasteiger partial charge in [0.25, 0.3) is 0 Å². The maximum absolute atomic E-state index is 10.5. The molecule has 6 heteroatoms. The van der Waals surface area contributed by atoms with Crippen molar-refractivity contribution in [2.24, 2.45) is 0 Å². The monoisotopic (exact) mass is 195 g/mol. The molecular formula is C8H9N3O3. The van der Waals surface area contributed by atoms with E-state index in [1.165, 1.54) is 12.2 Å². The fourth-order valence-corrected chi connectivity index (χ4v) is 0.988. The van der Waals surface area contributed by atoms with Gasteiger partial charge < -0.3 is 14.9 Å². The summed E-state index contributed by atoms with van der Waals surface area (Å²) in [7, 11) is 0. The van der Waals surface area contributed by atoms with Crippen LogP contribution in [-0.2, 0) is 4.79 Å². The highest BCUT2D eigenvalue weighted by Gasteiger charge is 2.14. The van der Waals surface area contributed by atoms with Gasteiger partial charge in [0.1, 0.15) is 6.29 Å². The van der Waals surface area contributed by atoms with Gasteiger partial charge in [-0.05, 0) is 11.0 Å². The lowest BCUT2D eigenvalue weighted by atomic mass is 10.3. The molecule has 0 aliphatic rings. The van der Waals surface area contributed by atoms with E-state index in [2.05, 4.69) is 9.97 Å². The zero-order valence-corrected chi connectivity index (χ0v) is 7.56. The quantitative estimate of drug-likeness (QED) is 0.444. The number of aryl methyl sites for hydroxylation is 1. The van der Waals surface area contributed by atoms with Gasteiger partial charge in [-0.3, -0.25) is 0 Å². The number of nitro groups is 1. The topological polar surface area (TPSA) is 88.9 Å². The molecule has 0 unspecified atom stereocenters. The van der Waals surface area contributed by atoms with E-state index >= 15 is 0 Å². The number of aldehydes is 1. The van der Waals surface area contributed by atoms with Gasteiger partial charge in [0, 0.05) is 13.3 Å². The summed E-state index contributed by atoms with van der Waals surface area (Å²) in [6, 6.07) is 0. The lowest BCUT2D eigenvalue weighted by Crippen LogP contribution is -1.90. The summed E-state index contributed by atoms with van der Waals surface area (Å²) in [6.45, 7) is 1.63. The molecule has 0 fully saturated rings. The number of rotatable bonds is 4. The van der Waals surface area contributed by atoms with Crippen molar-refractivity contribution >= 4 is 18.2 Å². The fourth-order valence-electron chi connectivity index (χ4n) is 0.988. The molecule has 14 heavy (non-hydrogen) atoms. The summed E-state index contributed by atoms with van der Waals surface area (Å²) >= 11 is 0. The summed E-state index contributed by atoms with van der Waals surface area (Å²) in [5.41, 5.74) is 0.245. The average molecular weight is 195 g/mol. The number of hydrogen-bond acceptors (Lipinski definition) is 4. The third-order valence-electron chi connectivity index (χ3n) is 1.52. The first-order valence-corrected chi connectivity index (χ1v) is 3.96. The highest BCUT2D eigenvalue weighted by atomic mass is 16.6. The normalized spacial score (nSPS) is 10.6. The molecule has 1 aromatic heterocycles. The Morgan fingerprint density at radius 1 is 1.64 bits per heavy atom. The molecule has 0 saturated carbocycles. The number of aromatic nitrogens is 2. The first-order chi connectivity index (χ1) is 6.65. The van der Waals surface area contributed by atoms with Crippen LogP contribution in [0.25, 0.3) is 6.08 Å². The van der Waals surface area contributed by atoms with E-state index in [4.69, 9.17) is 0 Å². The lowest BCUT2D eigenvalue weighted by Gasteiger charge is -1.89. The number of H-pyrrole nitrogens is 1. The Labute approximate surface area is 79.8 Å². The second-order valence-corrected chi connectivity index (χ2v) is 2.62. The van der Waals surface area contributed by atoms with Gasteiger partial charge in [0.15, 0.2) is 11.5 Å². The molecule has 74 valence electrons. The molecule has 0 bridgehead atoms. The largest absolute Gasteiger partial charge is 0.358 e. The van der Waals surface area contributed by atoms with Gasteiger partial charge in [-0.2, -0.15) is 0 Å². The molecule has 0 amide bonds. The predicted molar refractivity (Wildman–Crippen MR) is 49.7 cm³/mol. The number of allylic oxidation sites excluding steroid dienone is 1. The van der Waals surface area contributed by atoms with Crippen LogP contribution in [-0.4, -0.2) is 21.2 Å². The number of carbonyl (C=O) groups excluding carboxylic acids is 1. The molecule has 0 aromatic carbocycles. The highest BCUT2D eigenvalue weighted by Crippen LogP contribution is 2.16. The van der Waals surface area contributed by atoms with Gasteiger partial charge in [-0.1, -0.05) is 6.08 Å². The Morgan fingerprint density at radius 3 is 2.93 bits per heavy atom. The van der Waals surface area contributed by atoms with Crippen molar-refractivity contribution in [1.29, 1.82) is 0 Å². The molecule has 0 radical (unpaired) electrons. The molecule has 1 heterocycles. The standard InChI is InChI=1S/C8H9N3O3/c1-6-9-7(4-2-3-5-12)8(10-6)11(13)14/h2,4-5H,3H2,1H3,(H,9,10). The maximum Gasteiger partial charge on any atom is 0.348 e. The van der Waals surface area contributed by atoms with Crippen molar-refractivity contribution in [1.82, 2.24) is 9.97 Å². The SMILES string of the molecule is Cc1nc(C=CCC=O)c([N+](=O)[O-])[nH]1. The summed E-state index contributed by atoms with van der Waals surface area (Å²) in [4.78, 5) is 26.4. The average Bonchev–Trinajstić information content (AvgIpc) is 2.47. The Kier molecular flexibility index (Phi) is 3.11. The van der Waals surface area contributed by atoms with Crippen LogP contribution >= 0.6 is 0 Å². The van der Waals surface area contributed by atoms with Gasteiger partial charge in [-0.15, -0.1) is 0 Å². The fraction of sp³-hybridized carbons (Fsp3) is 0.250. The molecule has 0 aliphatic carbocycles. The van der Waals surface area contributed by atoms with Crippen LogP contribution in [0.5, 0.6) is 0 Å². The van der Waals surface area contributed by atoms with Crippen molar-refractivity contribution in [2.45, 2.75) is 13.3 Å². The summed E-state index contributed by atoms with van der Waals surface area (Å²) in [5, 5.41) is 10.5. The molecule has 1 aromatic rings. The Balaban J connectivity index is 2.95. The van der Waals surface area contributed by atoms with E-state index in [1.54, 1.807) is 6.92 Å². The van der Waals surface area contributed by atoms with Crippen LogP contribution in [0.15, 0.2) is 6.08 Å². The second-order valence-electron chi connectivity index (χ2n) is 2.62. The van der Waals surface area contributed by atoms with E-state index < -0.39 is 4.92 Å². The minimum absolute atomic E-state index is 0.148. The number of aromatic amines is 1. The highest BCUT2D eigenvalue weighted by molar-refractivity contribution is 5.59. The second kappa shape index (κ2) is 4.31. The Morgan fingerprint density at radius 2 is 2.36 bits per heavy atom. The predicted octanol–water partition coefficient (Wildman–Crippen LogP) is 1.23. The Bertz CT molecular complexity index is 381. The van der Waals surface area contributed by atoms with Crippen molar-refractivity contribution in [3.8, 4) is 0 Å². The van der Waals surface area contributed by atoms with Gasteiger partial charge in [-0.25, -0.2) is 9.97 Å². The maximum atomic E-state index is 10.5. The molecule has 0 spiro atoms. The van der Waals surface area contributed by atoms with Crippen molar-refractivity contribution < 1.29 is 9.72 Å². The van der Waals surface area contributed by atoms with E-state index in [9.17, 15) is 14.9 Å². The van der Waals surface area contributed by atoms with Crippen LogP contribution in [0, 0.1) is 17.0 Å². The molecule has 0 aliphatic heterocycles. The van der Waals surface area contributed by atoms with Gasteiger partial charge >= 0.3 is 5.82 Å². The van der Waals surface area contributed by atoms with Crippen molar-refractivity contribution in [3.63, 3.8) is 0 Å². The van der Waals surface area contributed by atoms with Crippen molar-refractivity contribution in [3.05, 3.63) is 27.7 Å². The smallest absolute Gasteiger partial charge is 0.348 e. The van der Waals surface area contributed by atoms with E-state index in [-0.39, 0.29) is 17.9 Å². The third kappa shape index (κ3) is 2.25. The van der Waals surface area contributed by atoms with Crippen LogP contribution in [0.4, 0.5) is 5.82 Å². The molecule has 0 saturated heterocycles. The Hall–Kier alpha value is -1.98. The van der Waals surface area contributed by atoms with Crippen LogP contribution < -0.4 is 0 Å². The molecule has 6 nitrogen and oxygen atoms in total. The number of nitrogens with zero attached hydrogens (tertiary/aromatic N) is 2. The first-order valence-electron chi connectivity index (χ1n) is 3.96. The summed E-state index contributed by atoms with van der Waals surface area (Å²) in [5.74, 6) is 0.326. The summed E-state index contributed by atoms with van der Waals surface area (Å²) in [6.07, 6.45) is 3.91. The van der Waals surface area contributed by atoms with Gasteiger partial charge in [0.05, 0.1) is 0 Å². The zero-order chi connectivity index (χ0) is 10.6. The number of hydrogen-bond donors (Lipinski definition) is 1. The number of nitrogens with one attached hydrogen (secondary N) is 1. The third-order valence-corrected chi connectivity index (χ3v) is 1.52. The summed E-state index contributed by atoms with van der Waals surface area (Å²) < 4.78 is 0. The van der Waals surface area contributed by atoms with E-state index in [0.717, 1.165) is 0 Å². The number of carbonyl (C=O) groups is 1. The molecule has 1 N–H and O–H groups in total. The van der Waals surface area contributed by atoms with Crippen molar-refractivity contribution in [2.75, 3.05) is 0 Å². The molecule has 1 rings (SSSR count). The minimum Gasteiger partial charge on any atom is -0.358 e. The zero-order valence-electron chi connectivity index (χ0n) is 7.56. The van der Waals surface area contributed by atoms with E-state index in [1.807, 2.05) is 0 Å². The van der Waals surface area contributed by atoms with Crippen LogP contribution in [0.1, 0.15) is 17.9 Å². The van der Waals surface area contributed by atoms with E-state index in [0.29, 0.717) is 12.1 Å². The van der Waals surface area contributed by atoms with Crippen LogP contribution in [0.2, 0.25) is 0 Å². The molecular weight excluding hydrogens is 186 g/mol. The van der Waals surface area contributed by atoms with Gasteiger partial charge in [0.2, 0.25) is 0 Å². The first kappa shape index (κ1) is 10.1. The molecule has 0 atom stereocenters. The lowest BCUT2D eigenvalue weighted by molar-refractivity contribution is -0.389. The number of imidazole rings is 1. The minimum atomic E-state index is -0.541. The van der Waals surface area contributed by atoms with Crippen LogP contribution in [0.3, 0.4) is 0 Å².